The topological polar surface area (TPSA) is 150 Å². The maximum Gasteiger partial charge on any atom is 0.631 e. The summed E-state index contributed by atoms with van der Waals surface area (Å²) in [5.74, 6) is -0.664. The zero-order valence-electron chi connectivity index (χ0n) is 19.6. The molecule has 0 aromatic rings. The molecule has 0 fully saturated rings. The highest BCUT2D eigenvalue weighted by molar-refractivity contribution is 6.30. The SMILES string of the molecule is CCCCCCCC/C=C\CCCCCCCC(=O)O.OB(O)O.OCCNCCO. The normalized spacial score (nSPS) is 10.3. The van der Waals surface area contributed by atoms with Gasteiger partial charge in [-0.05, 0) is 32.1 Å². The first-order valence-electron chi connectivity index (χ1n) is 11.8. The maximum atomic E-state index is 10.3. The first kappa shape index (κ1) is 34.6. The average Bonchev–Trinajstić information content (AvgIpc) is 2.71. The lowest BCUT2D eigenvalue weighted by atomic mass is 10.1. The minimum atomic E-state index is -2.17. The summed E-state index contributed by atoms with van der Waals surface area (Å²) in [5.41, 5.74) is 0. The number of aliphatic carboxylic acids is 1. The zero-order chi connectivity index (χ0) is 24.0. The number of aliphatic hydroxyl groups is 2. The summed E-state index contributed by atoms with van der Waals surface area (Å²) >= 11 is 0. The van der Waals surface area contributed by atoms with Crippen molar-refractivity contribution in [3.05, 3.63) is 12.2 Å². The molecule has 0 aliphatic carbocycles. The Kier molecular flexibility index (Phi) is 37.6. The van der Waals surface area contributed by atoms with E-state index in [2.05, 4.69) is 24.4 Å². The highest BCUT2D eigenvalue weighted by atomic mass is 16.5. The predicted octanol–water partition coefficient (Wildman–Crippen LogP) is 2.62. The molecule has 0 aliphatic rings. The smallest absolute Gasteiger partial charge is 0.481 e. The standard InChI is InChI=1S/C18H34O2.C4H11NO2.BH3O3/c1-2-3-4-5-6-7-8-9-10-11-12-13-14-15-16-17-18(19)20;6-3-1-5-2-4-7;2-1(3)4/h9-10H,2-8,11-17H2,1H3,(H,19,20);5-7H,1-4H2;2-4H/b10-9-;;. The summed E-state index contributed by atoms with van der Waals surface area (Å²) in [7, 11) is -2.17. The van der Waals surface area contributed by atoms with Gasteiger partial charge >= 0.3 is 13.3 Å². The van der Waals surface area contributed by atoms with Crippen LogP contribution < -0.4 is 5.32 Å². The number of hydrogen-bond acceptors (Lipinski definition) is 7. The van der Waals surface area contributed by atoms with Gasteiger partial charge in [0.15, 0.2) is 0 Å². The van der Waals surface area contributed by atoms with Crippen molar-refractivity contribution < 1.29 is 35.2 Å². The molecule has 0 aliphatic heterocycles. The van der Waals surface area contributed by atoms with E-state index in [1.165, 1.54) is 70.6 Å². The Bertz CT molecular complexity index is 352. The fraction of sp³-hybridized carbons (Fsp3) is 0.864. The van der Waals surface area contributed by atoms with Gasteiger partial charge in [-0.25, -0.2) is 0 Å². The molecule has 186 valence electrons. The van der Waals surface area contributed by atoms with Gasteiger partial charge in [0.2, 0.25) is 0 Å². The lowest BCUT2D eigenvalue weighted by molar-refractivity contribution is -0.137. The minimum absolute atomic E-state index is 0.139. The summed E-state index contributed by atoms with van der Waals surface area (Å²) in [6.45, 7) is 3.68. The summed E-state index contributed by atoms with van der Waals surface area (Å²) in [6, 6.07) is 0. The molecule has 0 amide bonds. The Hall–Kier alpha value is -0.965. The first-order chi connectivity index (χ1) is 14.9. The van der Waals surface area contributed by atoms with Gasteiger partial charge in [-0.1, -0.05) is 70.4 Å². The minimum Gasteiger partial charge on any atom is -0.481 e. The second kappa shape index (κ2) is 33.7. The molecule has 9 heteroatoms. The van der Waals surface area contributed by atoms with Crippen LogP contribution in [0.3, 0.4) is 0 Å². The van der Waals surface area contributed by atoms with Crippen molar-refractivity contribution in [2.45, 2.75) is 96.8 Å². The third kappa shape index (κ3) is 52.9. The van der Waals surface area contributed by atoms with E-state index >= 15 is 0 Å². The van der Waals surface area contributed by atoms with E-state index in [4.69, 9.17) is 30.4 Å². The molecule has 0 saturated carbocycles. The summed E-state index contributed by atoms with van der Waals surface area (Å²) in [6.07, 6.45) is 21.2. The van der Waals surface area contributed by atoms with E-state index in [9.17, 15) is 4.79 Å². The number of carboxylic acid groups (broad SMARTS) is 1. The monoisotopic (exact) mass is 449 g/mol. The number of hydrogen-bond donors (Lipinski definition) is 7. The van der Waals surface area contributed by atoms with Crippen molar-refractivity contribution in [2.24, 2.45) is 0 Å². The van der Waals surface area contributed by atoms with Crippen molar-refractivity contribution in [1.82, 2.24) is 5.32 Å². The van der Waals surface area contributed by atoms with E-state index in [0.29, 0.717) is 19.5 Å². The fourth-order valence-electron chi connectivity index (χ4n) is 2.63. The van der Waals surface area contributed by atoms with E-state index in [0.717, 1.165) is 12.8 Å². The van der Waals surface area contributed by atoms with E-state index in [1.807, 2.05) is 0 Å². The number of aliphatic hydroxyl groups excluding tert-OH is 2. The third-order valence-corrected chi connectivity index (χ3v) is 4.23. The fourth-order valence-corrected chi connectivity index (χ4v) is 2.63. The Labute approximate surface area is 189 Å². The molecule has 0 aromatic carbocycles. The number of carbonyl (C=O) groups is 1. The number of allylic oxidation sites excluding steroid dienone is 2. The van der Waals surface area contributed by atoms with Crippen molar-refractivity contribution in [3.8, 4) is 0 Å². The molecular weight excluding hydrogens is 401 g/mol. The molecule has 0 radical (unpaired) electrons. The molecule has 8 nitrogen and oxygen atoms in total. The number of nitrogens with one attached hydrogen (secondary N) is 1. The van der Waals surface area contributed by atoms with Crippen LogP contribution in [0.2, 0.25) is 0 Å². The molecule has 0 saturated heterocycles. The summed E-state index contributed by atoms with van der Waals surface area (Å²) in [5, 5.41) is 49.1. The van der Waals surface area contributed by atoms with Gasteiger partial charge < -0.3 is 35.7 Å². The number of rotatable bonds is 19. The average molecular weight is 449 g/mol. The quantitative estimate of drug-likeness (QED) is 0.0903. The molecule has 0 heterocycles. The molecule has 31 heavy (non-hydrogen) atoms. The largest absolute Gasteiger partial charge is 0.631 e. The van der Waals surface area contributed by atoms with Crippen LogP contribution in [-0.4, -0.2) is 70.0 Å². The maximum absolute atomic E-state index is 10.3. The molecule has 0 bridgehead atoms. The molecule has 0 unspecified atom stereocenters. The van der Waals surface area contributed by atoms with Crippen LogP contribution in [0, 0.1) is 0 Å². The van der Waals surface area contributed by atoms with Gasteiger partial charge in [-0.2, -0.15) is 0 Å². The second-order valence-corrected chi connectivity index (χ2v) is 7.27. The van der Waals surface area contributed by atoms with Gasteiger partial charge in [0.05, 0.1) is 13.2 Å². The molecule has 0 aromatic heterocycles. The predicted molar refractivity (Wildman–Crippen MR) is 127 cm³/mol. The van der Waals surface area contributed by atoms with Crippen LogP contribution in [0.1, 0.15) is 96.8 Å². The molecule has 0 rings (SSSR count). The summed E-state index contributed by atoms with van der Waals surface area (Å²) in [4.78, 5) is 10.3. The van der Waals surface area contributed by atoms with Crippen LogP contribution >= 0.6 is 0 Å². The van der Waals surface area contributed by atoms with E-state index in [1.54, 1.807) is 0 Å². The zero-order valence-corrected chi connectivity index (χ0v) is 19.6. The Morgan fingerprint density at radius 1 is 0.742 bits per heavy atom. The molecule has 0 atom stereocenters. The van der Waals surface area contributed by atoms with Crippen LogP contribution in [0.5, 0.6) is 0 Å². The van der Waals surface area contributed by atoms with Crippen molar-refractivity contribution >= 4 is 13.3 Å². The van der Waals surface area contributed by atoms with Crippen LogP contribution in [-0.2, 0) is 4.79 Å². The van der Waals surface area contributed by atoms with Crippen molar-refractivity contribution in [3.63, 3.8) is 0 Å². The van der Waals surface area contributed by atoms with Crippen LogP contribution in [0.4, 0.5) is 0 Å². The Balaban J connectivity index is -0.000000585. The third-order valence-electron chi connectivity index (χ3n) is 4.23. The number of unbranched alkanes of at least 4 members (excludes halogenated alkanes) is 11. The van der Waals surface area contributed by atoms with Gasteiger partial charge in [-0.3, -0.25) is 4.79 Å². The highest BCUT2D eigenvalue weighted by Crippen LogP contribution is 2.09. The van der Waals surface area contributed by atoms with E-state index < -0.39 is 13.3 Å². The van der Waals surface area contributed by atoms with Crippen LogP contribution in [0.25, 0.3) is 0 Å². The second-order valence-electron chi connectivity index (χ2n) is 7.27. The Morgan fingerprint density at radius 2 is 1.13 bits per heavy atom. The lowest BCUT2D eigenvalue weighted by Gasteiger charge is -1.99. The number of carboxylic acids is 1. The van der Waals surface area contributed by atoms with Gasteiger partial charge in [0, 0.05) is 19.5 Å². The van der Waals surface area contributed by atoms with Crippen LogP contribution in [0.15, 0.2) is 12.2 Å². The summed E-state index contributed by atoms with van der Waals surface area (Å²) < 4.78 is 0. The highest BCUT2D eigenvalue weighted by Gasteiger charge is 1.96. The van der Waals surface area contributed by atoms with Gasteiger partial charge in [-0.15, -0.1) is 0 Å². The van der Waals surface area contributed by atoms with Crippen molar-refractivity contribution in [1.29, 1.82) is 0 Å². The van der Waals surface area contributed by atoms with Gasteiger partial charge in [0.1, 0.15) is 0 Å². The van der Waals surface area contributed by atoms with Gasteiger partial charge in [0.25, 0.3) is 0 Å². The van der Waals surface area contributed by atoms with Crippen molar-refractivity contribution in [2.75, 3.05) is 26.3 Å². The van der Waals surface area contributed by atoms with E-state index in [-0.39, 0.29) is 13.2 Å². The Morgan fingerprint density at radius 3 is 1.52 bits per heavy atom. The molecular formula is C22H48BNO7. The molecule has 0 spiro atoms. The molecule has 7 N–H and O–H groups in total. The first-order valence-corrected chi connectivity index (χ1v) is 11.8. The lowest BCUT2D eigenvalue weighted by Crippen LogP contribution is -2.21.